The van der Waals surface area contributed by atoms with Gasteiger partial charge in [0.1, 0.15) is 12.4 Å². The summed E-state index contributed by atoms with van der Waals surface area (Å²) in [5.41, 5.74) is 0.702. The third kappa shape index (κ3) is 5.60. The second-order valence-corrected chi connectivity index (χ2v) is 8.22. The van der Waals surface area contributed by atoms with Crippen LogP contribution in [0.15, 0.2) is 17.4 Å². The standard InChI is InChI=1S/C22H35N3O4/c1-16(2)25-20(8-9-24-25)19-7-5-4-6-17(19)15-29-21-13-23-22(12-18(21)14-26)28-11-10-27-3/h9,12-13,16-17,19-20,26H,4-8,10-11,14-15H2,1-3H3. The van der Waals surface area contributed by atoms with E-state index in [9.17, 15) is 5.11 Å². The fourth-order valence-corrected chi connectivity index (χ4v) is 4.50. The van der Waals surface area contributed by atoms with Gasteiger partial charge in [0, 0.05) is 37.4 Å². The first kappa shape index (κ1) is 21.8. The Hall–Kier alpha value is -1.86. The number of methoxy groups -OCH3 is 1. The highest BCUT2D eigenvalue weighted by molar-refractivity contribution is 5.60. The van der Waals surface area contributed by atoms with Gasteiger partial charge in [-0.2, -0.15) is 5.10 Å². The Morgan fingerprint density at radius 1 is 1.21 bits per heavy atom. The summed E-state index contributed by atoms with van der Waals surface area (Å²) < 4.78 is 16.7. The van der Waals surface area contributed by atoms with Crippen molar-refractivity contribution in [2.75, 3.05) is 26.9 Å². The van der Waals surface area contributed by atoms with Gasteiger partial charge in [-0.25, -0.2) is 4.98 Å². The topological polar surface area (TPSA) is 76.4 Å². The molecule has 1 fully saturated rings. The third-order valence-electron chi connectivity index (χ3n) is 5.98. The molecule has 1 aliphatic heterocycles. The van der Waals surface area contributed by atoms with Gasteiger partial charge >= 0.3 is 0 Å². The van der Waals surface area contributed by atoms with Crippen LogP contribution in [0, 0.1) is 11.8 Å². The van der Waals surface area contributed by atoms with Crippen molar-refractivity contribution in [2.45, 2.75) is 64.6 Å². The first-order valence-corrected chi connectivity index (χ1v) is 10.8. The first-order valence-electron chi connectivity index (χ1n) is 10.8. The minimum atomic E-state index is -0.107. The van der Waals surface area contributed by atoms with Crippen molar-refractivity contribution in [3.63, 3.8) is 0 Å². The third-order valence-corrected chi connectivity index (χ3v) is 5.98. The van der Waals surface area contributed by atoms with E-state index in [1.54, 1.807) is 19.4 Å². The molecule has 1 N–H and O–H groups in total. The van der Waals surface area contributed by atoms with E-state index in [1.807, 2.05) is 0 Å². The SMILES string of the molecule is COCCOc1cc(CO)c(OCC2CCCCC2C2CC=NN2C(C)C)cn1. The van der Waals surface area contributed by atoms with Gasteiger partial charge in [-0.1, -0.05) is 12.8 Å². The quantitative estimate of drug-likeness (QED) is 0.602. The number of pyridine rings is 1. The Kier molecular flexibility index (Phi) is 8.12. The Morgan fingerprint density at radius 2 is 2.03 bits per heavy atom. The second-order valence-electron chi connectivity index (χ2n) is 8.22. The molecule has 0 bridgehead atoms. The smallest absolute Gasteiger partial charge is 0.213 e. The van der Waals surface area contributed by atoms with Crippen LogP contribution in [0.3, 0.4) is 0 Å². The Labute approximate surface area is 174 Å². The maximum atomic E-state index is 9.76. The molecule has 0 radical (unpaired) electrons. The van der Waals surface area contributed by atoms with E-state index in [0.717, 1.165) is 6.42 Å². The number of aromatic nitrogens is 1. The van der Waals surface area contributed by atoms with Crippen molar-refractivity contribution in [1.29, 1.82) is 0 Å². The van der Waals surface area contributed by atoms with Gasteiger partial charge in [-0.3, -0.25) is 5.01 Å². The van der Waals surface area contributed by atoms with Crippen LogP contribution in [-0.2, 0) is 11.3 Å². The molecule has 2 aliphatic rings. The lowest BCUT2D eigenvalue weighted by Crippen LogP contribution is -2.43. The maximum Gasteiger partial charge on any atom is 0.213 e. The molecule has 0 aromatic carbocycles. The molecule has 0 amide bonds. The molecule has 3 unspecified atom stereocenters. The summed E-state index contributed by atoms with van der Waals surface area (Å²) in [7, 11) is 1.63. The maximum absolute atomic E-state index is 9.76. The molecule has 29 heavy (non-hydrogen) atoms. The largest absolute Gasteiger partial charge is 0.491 e. The Balaban J connectivity index is 1.62. The van der Waals surface area contributed by atoms with Crippen LogP contribution in [0.25, 0.3) is 0 Å². The molecule has 3 rings (SSSR count). The first-order chi connectivity index (χ1) is 14.1. The van der Waals surface area contributed by atoms with Crippen molar-refractivity contribution >= 4 is 6.21 Å². The molecule has 0 spiro atoms. The zero-order valence-corrected chi connectivity index (χ0v) is 17.9. The summed E-state index contributed by atoms with van der Waals surface area (Å²) in [5.74, 6) is 2.18. The van der Waals surface area contributed by atoms with Crippen molar-refractivity contribution in [2.24, 2.45) is 16.9 Å². The number of aliphatic hydroxyl groups excluding tert-OH is 1. The number of nitrogens with zero attached hydrogens (tertiary/aromatic N) is 3. The average molecular weight is 406 g/mol. The predicted octanol–water partition coefficient (Wildman–Crippen LogP) is 3.25. The highest BCUT2D eigenvalue weighted by atomic mass is 16.5. The van der Waals surface area contributed by atoms with Crippen LogP contribution >= 0.6 is 0 Å². The van der Waals surface area contributed by atoms with Gasteiger partial charge in [0.15, 0.2) is 0 Å². The molecule has 162 valence electrons. The van der Waals surface area contributed by atoms with E-state index in [2.05, 4.69) is 35.2 Å². The number of rotatable bonds is 10. The molecule has 7 nitrogen and oxygen atoms in total. The zero-order valence-electron chi connectivity index (χ0n) is 17.9. The van der Waals surface area contributed by atoms with Crippen LogP contribution in [0.1, 0.15) is 51.5 Å². The van der Waals surface area contributed by atoms with E-state index in [-0.39, 0.29) is 6.61 Å². The van der Waals surface area contributed by atoms with Crippen molar-refractivity contribution in [1.82, 2.24) is 9.99 Å². The molecule has 2 heterocycles. The van der Waals surface area contributed by atoms with Crippen LogP contribution in [-0.4, -0.2) is 60.3 Å². The van der Waals surface area contributed by atoms with E-state index in [0.29, 0.717) is 60.9 Å². The fourth-order valence-electron chi connectivity index (χ4n) is 4.50. The molecule has 1 aromatic heterocycles. The van der Waals surface area contributed by atoms with Gasteiger partial charge < -0.3 is 19.3 Å². The number of hydrogen-bond acceptors (Lipinski definition) is 7. The second kappa shape index (κ2) is 10.8. The molecule has 0 saturated heterocycles. The lowest BCUT2D eigenvalue weighted by atomic mass is 9.74. The minimum Gasteiger partial charge on any atom is -0.491 e. The van der Waals surface area contributed by atoms with Crippen LogP contribution in [0.5, 0.6) is 11.6 Å². The molecule has 1 saturated carbocycles. The van der Waals surface area contributed by atoms with E-state index < -0.39 is 0 Å². The monoisotopic (exact) mass is 405 g/mol. The molecule has 7 heteroatoms. The van der Waals surface area contributed by atoms with Crippen molar-refractivity contribution < 1.29 is 19.3 Å². The lowest BCUT2D eigenvalue weighted by Gasteiger charge is -2.40. The van der Waals surface area contributed by atoms with Crippen molar-refractivity contribution in [3.05, 3.63) is 17.8 Å². The highest BCUT2D eigenvalue weighted by Gasteiger charge is 2.37. The van der Waals surface area contributed by atoms with Crippen LogP contribution in [0.4, 0.5) is 0 Å². The fraction of sp³-hybridized carbons (Fsp3) is 0.727. The Morgan fingerprint density at radius 3 is 2.79 bits per heavy atom. The van der Waals surface area contributed by atoms with Crippen LogP contribution in [0.2, 0.25) is 0 Å². The summed E-state index contributed by atoms with van der Waals surface area (Å²) in [5, 5.41) is 16.6. The normalized spacial score (nSPS) is 24.3. The van der Waals surface area contributed by atoms with E-state index in [4.69, 9.17) is 14.2 Å². The van der Waals surface area contributed by atoms with Gasteiger partial charge in [0.05, 0.1) is 32.1 Å². The van der Waals surface area contributed by atoms with Crippen LogP contribution < -0.4 is 9.47 Å². The summed E-state index contributed by atoms with van der Waals surface area (Å²) in [4.78, 5) is 4.31. The summed E-state index contributed by atoms with van der Waals surface area (Å²) in [6.45, 7) is 5.87. The number of aliphatic hydroxyl groups is 1. The Bertz CT molecular complexity index is 667. The highest BCUT2D eigenvalue weighted by Crippen LogP contribution is 2.38. The molecule has 1 aliphatic carbocycles. The van der Waals surface area contributed by atoms with Gasteiger partial charge in [0.25, 0.3) is 0 Å². The summed E-state index contributed by atoms with van der Waals surface area (Å²) in [6, 6.07) is 2.63. The van der Waals surface area contributed by atoms with Gasteiger partial charge in [0.2, 0.25) is 5.88 Å². The van der Waals surface area contributed by atoms with Gasteiger partial charge in [-0.15, -0.1) is 0 Å². The summed E-state index contributed by atoms with van der Waals surface area (Å²) >= 11 is 0. The minimum absolute atomic E-state index is 0.107. The average Bonchev–Trinajstić information content (AvgIpc) is 3.23. The predicted molar refractivity (Wildman–Crippen MR) is 112 cm³/mol. The molecule has 3 atom stereocenters. The number of hydrogen-bond donors (Lipinski definition) is 1. The van der Waals surface area contributed by atoms with Gasteiger partial charge in [-0.05, 0) is 38.5 Å². The van der Waals surface area contributed by atoms with E-state index in [1.165, 1.54) is 25.7 Å². The lowest BCUT2D eigenvalue weighted by molar-refractivity contribution is 0.0532. The van der Waals surface area contributed by atoms with Crippen molar-refractivity contribution in [3.8, 4) is 11.6 Å². The number of ether oxygens (including phenoxy) is 3. The molecular weight excluding hydrogens is 370 g/mol. The van der Waals surface area contributed by atoms with E-state index >= 15 is 0 Å². The summed E-state index contributed by atoms with van der Waals surface area (Å²) in [6.07, 6.45) is 9.67. The zero-order chi connectivity index (χ0) is 20.6. The molecule has 1 aromatic rings. The molecular formula is C22H35N3O4. The number of hydrazone groups is 1.